The van der Waals surface area contributed by atoms with E-state index in [0.717, 1.165) is 0 Å². The molecule has 1 rings (SSSR count). The Balaban J connectivity index is 0.00000144. The zero-order chi connectivity index (χ0) is 9.14. The first-order valence-electron chi connectivity index (χ1n) is 3.31. The van der Waals surface area contributed by atoms with Gasteiger partial charge in [0, 0.05) is 5.56 Å². The van der Waals surface area contributed by atoms with Crippen molar-refractivity contribution in [3.8, 4) is 11.5 Å². The van der Waals surface area contributed by atoms with Gasteiger partial charge in [0.15, 0.2) is 17.8 Å². The van der Waals surface area contributed by atoms with E-state index in [9.17, 15) is 9.90 Å². The molecule has 0 bridgehead atoms. The van der Waals surface area contributed by atoms with Crippen LogP contribution in [0.3, 0.4) is 0 Å². The first kappa shape index (κ1) is 11.6. The number of carbonyl (C=O) groups is 1. The number of halogens is 1. The number of benzene rings is 1. The predicted molar refractivity (Wildman–Crippen MR) is 51.7 cm³/mol. The van der Waals surface area contributed by atoms with Gasteiger partial charge in [-0.1, -0.05) is 0 Å². The highest BCUT2D eigenvalue weighted by atomic mass is 35.5. The summed E-state index contributed by atoms with van der Waals surface area (Å²) in [7, 11) is 1.37. The molecule has 0 saturated carbocycles. The van der Waals surface area contributed by atoms with Gasteiger partial charge in [-0.15, -0.1) is 12.4 Å². The fraction of sp³-hybridized carbons (Fsp3) is 0.125. The lowest BCUT2D eigenvalue weighted by Crippen LogP contribution is -1.97. The summed E-state index contributed by atoms with van der Waals surface area (Å²) in [6.07, 6.45) is 0.608. The van der Waals surface area contributed by atoms with Crippen LogP contribution in [0.25, 0.3) is 0 Å². The molecule has 1 aromatic rings. The average Bonchev–Trinajstić information content (AvgIpc) is 2.06. The van der Waals surface area contributed by atoms with E-state index in [2.05, 4.69) is 0 Å². The van der Waals surface area contributed by atoms with Crippen LogP contribution in [0, 0.1) is 0 Å². The Kier molecular flexibility index (Phi) is 4.07. The Hall–Kier alpha value is -1.42. The Labute approximate surface area is 81.7 Å². The summed E-state index contributed by atoms with van der Waals surface area (Å²) in [5, 5.41) is 9.19. The zero-order valence-corrected chi connectivity index (χ0v) is 7.80. The van der Waals surface area contributed by atoms with Crippen LogP contribution in [0.1, 0.15) is 10.4 Å². The molecule has 0 saturated heterocycles. The summed E-state index contributed by atoms with van der Waals surface area (Å²) in [6, 6.07) is 2.79. The summed E-state index contributed by atoms with van der Waals surface area (Å²) in [5.41, 5.74) is 5.96. The highest BCUT2D eigenvalue weighted by molar-refractivity contribution is 5.87. The first-order valence-corrected chi connectivity index (χ1v) is 3.31. The molecule has 4 nitrogen and oxygen atoms in total. The molecule has 0 aliphatic rings. The number of aromatic hydroxyl groups is 1. The average molecular weight is 204 g/mol. The molecule has 0 aliphatic carbocycles. The number of nitrogen functional groups attached to an aromatic ring is 1. The highest BCUT2D eigenvalue weighted by Crippen LogP contribution is 2.33. The number of anilines is 1. The minimum Gasteiger partial charge on any atom is -0.504 e. The maximum absolute atomic E-state index is 10.4. The summed E-state index contributed by atoms with van der Waals surface area (Å²) in [6.45, 7) is 0. The summed E-state index contributed by atoms with van der Waals surface area (Å²) >= 11 is 0. The molecule has 0 unspecified atom stereocenters. The number of ether oxygens (including phenoxy) is 1. The van der Waals surface area contributed by atoms with Crippen molar-refractivity contribution in [2.45, 2.75) is 0 Å². The van der Waals surface area contributed by atoms with Gasteiger partial charge in [0.25, 0.3) is 0 Å². The summed E-state index contributed by atoms with van der Waals surface area (Å²) < 4.78 is 4.78. The minimum absolute atomic E-state index is 0. The molecule has 0 atom stereocenters. The number of hydrogen-bond donors (Lipinski definition) is 2. The van der Waals surface area contributed by atoms with E-state index in [4.69, 9.17) is 10.5 Å². The van der Waals surface area contributed by atoms with E-state index >= 15 is 0 Å². The molecule has 5 heteroatoms. The molecule has 72 valence electrons. The lowest BCUT2D eigenvalue weighted by atomic mass is 10.2. The minimum atomic E-state index is -0.0689. The van der Waals surface area contributed by atoms with Crippen LogP contribution in [0.5, 0.6) is 11.5 Å². The maximum Gasteiger partial charge on any atom is 0.184 e. The van der Waals surface area contributed by atoms with Gasteiger partial charge in [-0.25, -0.2) is 0 Å². The van der Waals surface area contributed by atoms with E-state index in [-0.39, 0.29) is 29.6 Å². The molecule has 0 heterocycles. The van der Waals surface area contributed by atoms with Crippen LogP contribution in [0.2, 0.25) is 0 Å². The van der Waals surface area contributed by atoms with E-state index in [1.54, 1.807) is 0 Å². The van der Waals surface area contributed by atoms with Crippen LogP contribution in [-0.2, 0) is 0 Å². The monoisotopic (exact) mass is 203 g/mol. The van der Waals surface area contributed by atoms with Gasteiger partial charge >= 0.3 is 0 Å². The molecule has 0 amide bonds. The third kappa shape index (κ3) is 2.03. The molecule has 1 aromatic carbocycles. The van der Waals surface area contributed by atoms with Gasteiger partial charge in [0.2, 0.25) is 0 Å². The van der Waals surface area contributed by atoms with Crippen molar-refractivity contribution >= 4 is 24.4 Å². The van der Waals surface area contributed by atoms with Crippen molar-refractivity contribution in [3.05, 3.63) is 17.7 Å². The number of methoxy groups -OCH3 is 1. The van der Waals surface area contributed by atoms with Crippen molar-refractivity contribution in [1.29, 1.82) is 0 Å². The first-order chi connectivity index (χ1) is 5.70. The molecule has 0 aliphatic heterocycles. The molecule has 0 spiro atoms. The standard InChI is InChI=1S/C8H9NO3.ClH/c1-12-8-6(11)3-2-5(4-10)7(8)9;/h2-4,11H,9H2,1H3;1H. The molecular weight excluding hydrogens is 194 g/mol. The lowest BCUT2D eigenvalue weighted by molar-refractivity contribution is 0.112. The quantitative estimate of drug-likeness (QED) is 0.560. The van der Waals surface area contributed by atoms with E-state index in [0.29, 0.717) is 11.8 Å². The molecule has 3 N–H and O–H groups in total. The van der Waals surface area contributed by atoms with Crippen LogP contribution in [0.4, 0.5) is 5.69 Å². The molecule has 0 fully saturated rings. The molecule has 0 aromatic heterocycles. The van der Waals surface area contributed by atoms with Crippen molar-refractivity contribution < 1.29 is 14.6 Å². The Morgan fingerprint density at radius 3 is 2.62 bits per heavy atom. The third-order valence-electron chi connectivity index (χ3n) is 1.54. The number of carbonyl (C=O) groups excluding carboxylic acids is 1. The molecule has 0 radical (unpaired) electrons. The van der Waals surface area contributed by atoms with Gasteiger partial charge in [0.1, 0.15) is 0 Å². The van der Waals surface area contributed by atoms with Gasteiger partial charge in [0.05, 0.1) is 12.8 Å². The van der Waals surface area contributed by atoms with Crippen LogP contribution >= 0.6 is 12.4 Å². The second-order valence-electron chi connectivity index (χ2n) is 2.24. The van der Waals surface area contributed by atoms with Crippen LogP contribution in [-0.4, -0.2) is 18.5 Å². The van der Waals surface area contributed by atoms with Crippen molar-refractivity contribution in [3.63, 3.8) is 0 Å². The second-order valence-corrected chi connectivity index (χ2v) is 2.24. The lowest BCUT2D eigenvalue weighted by Gasteiger charge is -2.07. The van der Waals surface area contributed by atoms with Gasteiger partial charge in [-0.05, 0) is 12.1 Å². The zero-order valence-electron chi connectivity index (χ0n) is 6.98. The smallest absolute Gasteiger partial charge is 0.184 e. The van der Waals surface area contributed by atoms with Crippen molar-refractivity contribution in [1.82, 2.24) is 0 Å². The van der Waals surface area contributed by atoms with Crippen LogP contribution in [0.15, 0.2) is 12.1 Å². The summed E-state index contributed by atoms with van der Waals surface area (Å²) in [5.74, 6) is 0.0696. The largest absolute Gasteiger partial charge is 0.504 e. The number of aldehydes is 1. The molecule has 13 heavy (non-hydrogen) atoms. The van der Waals surface area contributed by atoms with E-state index < -0.39 is 0 Å². The predicted octanol–water partition coefficient (Wildman–Crippen LogP) is 1.22. The topological polar surface area (TPSA) is 72.5 Å². The Morgan fingerprint density at radius 2 is 2.15 bits per heavy atom. The number of rotatable bonds is 2. The highest BCUT2D eigenvalue weighted by Gasteiger charge is 2.09. The number of phenols is 1. The Bertz CT molecular complexity index is 315. The van der Waals surface area contributed by atoms with E-state index in [1.807, 2.05) is 0 Å². The van der Waals surface area contributed by atoms with Crippen molar-refractivity contribution in [2.75, 3.05) is 12.8 Å². The van der Waals surface area contributed by atoms with E-state index in [1.165, 1.54) is 19.2 Å². The number of hydrogen-bond acceptors (Lipinski definition) is 4. The third-order valence-corrected chi connectivity index (χ3v) is 1.54. The van der Waals surface area contributed by atoms with Gasteiger partial charge in [-0.2, -0.15) is 0 Å². The van der Waals surface area contributed by atoms with Gasteiger partial charge < -0.3 is 15.6 Å². The summed E-state index contributed by atoms with van der Waals surface area (Å²) in [4.78, 5) is 10.4. The fourth-order valence-electron chi connectivity index (χ4n) is 0.921. The maximum atomic E-state index is 10.4. The number of nitrogens with two attached hydrogens (primary N) is 1. The fourth-order valence-corrected chi connectivity index (χ4v) is 0.921. The SMILES string of the molecule is COc1c(O)ccc(C=O)c1N.Cl. The normalized spacial score (nSPS) is 8.69. The Morgan fingerprint density at radius 1 is 1.54 bits per heavy atom. The second kappa shape index (κ2) is 4.57. The molecular formula is C8H10ClNO3. The van der Waals surface area contributed by atoms with Gasteiger partial charge in [-0.3, -0.25) is 4.79 Å². The van der Waals surface area contributed by atoms with Crippen LogP contribution < -0.4 is 10.5 Å². The number of phenolic OH excluding ortho intramolecular Hbond substituents is 1. The van der Waals surface area contributed by atoms with Crippen molar-refractivity contribution in [2.24, 2.45) is 0 Å².